The summed E-state index contributed by atoms with van der Waals surface area (Å²) in [4.78, 5) is 6.81. The number of hydrogen-bond donors (Lipinski definition) is 1. The van der Waals surface area contributed by atoms with Gasteiger partial charge in [0.1, 0.15) is 5.75 Å². The quantitative estimate of drug-likeness (QED) is 0.913. The third kappa shape index (κ3) is 2.09. The van der Waals surface area contributed by atoms with Gasteiger partial charge < -0.3 is 10.5 Å². The summed E-state index contributed by atoms with van der Waals surface area (Å²) in [6, 6.07) is 8.07. The molecule has 1 atom stereocenters. The van der Waals surface area contributed by atoms with E-state index in [2.05, 4.69) is 29.8 Å². The number of aliphatic imine (C=N–C) groups is 1. The van der Waals surface area contributed by atoms with Crippen molar-refractivity contribution in [2.75, 3.05) is 30.1 Å². The molecule has 1 spiro atoms. The van der Waals surface area contributed by atoms with E-state index in [1.807, 2.05) is 30.0 Å². The molecule has 1 aromatic rings. The molecule has 0 aliphatic carbocycles. The molecule has 4 nitrogen and oxygen atoms in total. The van der Waals surface area contributed by atoms with E-state index in [0.29, 0.717) is 5.96 Å². The van der Waals surface area contributed by atoms with Crippen molar-refractivity contribution < 1.29 is 4.74 Å². The molecular weight excluding hydrogens is 282 g/mol. The zero-order chi connectivity index (χ0) is 15.1. The number of rotatable bonds is 2. The summed E-state index contributed by atoms with van der Waals surface area (Å²) >= 11 is 2.00. The Balaban J connectivity index is 2.11. The van der Waals surface area contributed by atoms with Gasteiger partial charge in [-0.05, 0) is 29.7 Å². The van der Waals surface area contributed by atoms with E-state index >= 15 is 0 Å². The average molecular weight is 305 g/mol. The summed E-state index contributed by atoms with van der Waals surface area (Å²) in [7, 11) is 1.70. The fraction of sp³-hybridized carbons (Fsp3) is 0.562. The van der Waals surface area contributed by atoms with Crippen LogP contribution in [0.15, 0.2) is 29.3 Å². The molecule has 0 saturated carbocycles. The molecule has 2 aliphatic rings. The van der Waals surface area contributed by atoms with Crippen molar-refractivity contribution in [1.29, 1.82) is 0 Å². The van der Waals surface area contributed by atoms with Gasteiger partial charge in [-0.15, -0.1) is 0 Å². The Labute approximate surface area is 130 Å². The van der Waals surface area contributed by atoms with Gasteiger partial charge in [0, 0.05) is 5.75 Å². The van der Waals surface area contributed by atoms with Gasteiger partial charge in [-0.2, -0.15) is 11.8 Å². The van der Waals surface area contributed by atoms with E-state index in [0.717, 1.165) is 23.7 Å². The Bertz CT molecular complexity index is 572. The van der Waals surface area contributed by atoms with Crippen molar-refractivity contribution in [3.63, 3.8) is 0 Å². The minimum atomic E-state index is -0.0609. The van der Waals surface area contributed by atoms with Crippen LogP contribution >= 0.6 is 11.8 Å². The van der Waals surface area contributed by atoms with Gasteiger partial charge in [-0.3, -0.25) is 9.89 Å². The van der Waals surface area contributed by atoms with E-state index in [-0.39, 0.29) is 11.0 Å². The first-order valence-corrected chi connectivity index (χ1v) is 8.48. The number of nitrogens with zero attached hydrogens (tertiary/aromatic N) is 2. The second kappa shape index (κ2) is 5.13. The average Bonchev–Trinajstić information content (AvgIpc) is 2.80. The molecule has 2 aliphatic heterocycles. The summed E-state index contributed by atoms with van der Waals surface area (Å²) < 4.78 is 5.55. The van der Waals surface area contributed by atoms with Crippen LogP contribution in [0, 0.1) is 5.41 Å². The van der Waals surface area contributed by atoms with Crippen molar-refractivity contribution in [3.8, 4) is 5.75 Å². The van der Waals surface area contributed by atoms with Gasteiger partial charge in [0.25, 0.3) is 0 Å². The number of benzene rings is 1. The van der Waals surface area contributed by atoms with Gasteiger partial charge >= 0.3 is 0 Å². The molecule has 0 amide bonds. The molecule has 2 N–H and O–H groups in total. The van der Waals surface area contributed by atoms with Crippen LogP contribution in [0.4, 0.5) is 5.69 Å². The number of anilines is 1. The first-order valence-electron chi connectivity index (χ1n) is 7.33. The van der Waals surface area contributed by atoms with Crippen LogP contribution in [0.25, 0.3) is 0 Å². The number of methoxy groups -OCH3 is 1. The highest BCUT2D eigenvalue weighted by molar-refractivity contribution is 7.99. The maximum Gasteiger partial charge on any atom is 0.196 e. The minimum absolute atomic E-state index is 0.0609. The summed E-state index contributed by atoms with van der Waals surface area (Å²) in [5.41, 5.74) is 7.39. The van der Waals surface area contributed by atoms with Crippen molar-refractivity contribution in [3.05, 3.63) is 24.3 Å². The number of ether oxygens (including phenoxy) is 1. The first kappa shape index (κ1) is 14.6. The van der Waals surface area contributed by atoms with Gasteiger partial charge in [0.05, 0.1) is 24.9 Å². The van der Waals surface area contributed by atoms with E-state index in [9.17, 15) is 0 Å². The summed E-state index contributed by atoms with van der Waals surface area (Å²) in [5, 5.41) is 0. The maximum absolute atomic E-state index is 6.27. The fourth-order valence-electron chi connectivity index (χ4n) is 3.36. The number of nitrogens with two attached hydrogens (primary N) is 1. The third-order valence-corrected chi connectivity index (χ3v) is 6.13. The van der Waals surface area contributed by atoms with Gasteiger partial charge in [0.15, 0.2) is 5.96 Å². The number of thioether (sulfide) groups is 1. The van der Waals surface area contributed by atoms with Crippen LogP contribution < -0.4 is 15.4 Å². The second-order valence-electron chi connectivity index (χ2n) is 6.40. The van der Waals surface area contributed by atoms with Crippen molar-refractivity contribution in [1.82, 2.24) is 0 Å². The van der Waals surface area contributed by atoms with Crippen LogP contribution in [0.5, 0.6) is 5.75 Å². The van der Waals surface area contributed by atoms with Crippen LogP contribution in [0.3, 0.4) is 0 Å². The van der Waals surface area contributed by atoms with Crippen molar-refractivity contribution >= 4 is 23.4 Å². The molecule has 1 aromatic carbocycles. The molecule has 1 unspecified atom stereocenters. The molecule has 21 heavy (non-hydrogen) atoms. The second-order valence-corrected chi connectivity index (χ2v) is 7.50. The fourth-order valence-corrected chi connectivity index (χ4v) is 5.11. The van der Waals surface area contributed by atoms with E-state index < -0.39 is 0 Å². The maximum atomic E-state index is 6.27. The molecule has 1 saturated heterocycles. The topological polar surface area (TPSA) is 50.9 Å². The Morgan fingerprint density at radius 3 is 2.81 bits per heavy atom. The lowest BCUT2D eigenvalue weighted by molar-refractivity contribution is 0.192. The molecule has 0 aromatic heterocycles. The lowest BCUT2D eigenvalue weighted by Gasteiger charge is -2.52. The monoisotopic (exact) mass is 305 g/mol. The third-order valence-electron chi connectivity index (χ3n) is 4.96. The predicted molar refractivity (Wildman–Crippen MR) is 90.4 cm³/mol. The molecular formula is C16H23N3OS. The van der Waals surface area contributed by atoms with Crippen molar-refractivity contribution in [2.45, 2.75) is 25.8 Å². The van der Waals surface area contributed by atoms with E-state index in [4.69, 9.17) is 10.5 Å². The highest BCUT2D eigenvalue weighted by atomic mass is 32.2. The summed E-state index contributed by atoms with van der Waals surface area (Å²) in [6.45, 7) is 5.43. The highest BCUT2D eigenvalue weighted by Gasteiger charge is 2.55. The first-order chi connectivity index (χ1) is 10.0. The zero-order valence-corrected chi connectivity index (χ0v) is 13.7. The summed E-state index contributed by atoms with van der Waals surface area (Å²) in [6.07, 6.45) is 1.17. The largest absolute Gasteiger partial charge is 0.495 e. The molecule has 2 heterocycles. The Hall–Kier alpha value is -1.36. The summed E-state index contributed by atoms with van der Waals surface area (Å²) in [5.74, 6) is 3.70. The van der Waals surface area contributed by atoms with Crippen LogP contribution in [0.1, 0.15) is 20.3 Å². The molecule has 3 rings (SSSR count). The van der Waals surface area contributed by atoms with Crippen LogP contribution in [-0.4, -0.2) is 36.7 Å². The number of para-hydroxylation sites is 2. The van der Waals surface area contributed by atoms with Crippen LogP contribution in [0.2, 0.25) is 0 Å². The molecule has 5 heteroatoms. The lowest BCUT2D eigenvalue weighted by atomic mass is 9.70. The Kier molecular flexibility index (Phi) is 3.56. The van der Waals surface area contributed by atoms with Gasteiger partial charge in [-0.1, -0.05) is 26.0 Å². The SMILES string of the molecule is COc1ccccc1N1C(N)=NCC12CSCCC2(C)C. The molecule has 1 fully saturated rings. The highest BCUT2D eigenvalue weighted by Crippen LogP contribution is 2.50. The predicted octanol–water partition coefficient (Wildman–Crippen LogP) is 2.73. The smallest absolute Gasteiger partial charge is 0.196 e. The Morgan fingerprint density at radius 2 is 2.10 bits per heavy atom. The zero-order valence-electron chi connectivity index (χ0n) is 12.9. The lowest BCUT2D eigenvalue weighted by Crippen LogP contribution is -2.63. The Morgan fingerprint density at radius 1 is 1.33 bits per heavy atom. The van der Waals surface area contributed by atoms with Crippen molar-refractivity contribution in [2.24, 2.45) is 16.1 Å². The molecule has 0 bridgehead atoms. The standard InChI is InChI=1S/C16H23N3OS/c1-15(2)8-9-21-11-16(15)10-18-14(17)19(16)12-6-4-5-7-13(12)20-3/h4-7H,8-11H2,1-3H3,(H2,17,18). The van der Waals surface area contributed by atoms with E-state index in [1.54, 1.807) is 7.11 Å². The van der Waals surface area contributed by atoms with Crippen LogP contribution in [-0.2, 0) is 0 Å². The number of guanidine groups is 1. The number of hydrogen-bond acceptors (Lipinski definition) is 5. The molecule has 0 radical (unpaired) electrons. The van der Waals surface area contributed by atoms with Gasteiger partial charge in [0.2, 0.25) is 0 Å². The van der Waals surface area contributed by atoms with Gasteiger partial charge in [-0.25, -0.2) is 0 Å². The van der Waals surface area contributed by atoms with E-state index in [1.165, 1.54) is 12.2 Å². The molecule has 114 valence electrons. The minimum Gasteiger partial charge on any atom is -0.495 e. The normalized spacial score (nSPS) is 27.8.